The number of para-hydroxylation sites is 1. The largest absolute Gasteiger partial charge is 0.489 e. The number of aromatic nitrogens is 2. The molecule has 25 heavy (non-hydrogen) atoms. The van der Waals surface area contributed by atoms with E-state index in [1.807, 2.05) is 42.5 Å². The van der Waals surface area contributed by atoms with Crippen molar-refractivity contribution in [1.29, 1.82) is 0 Å². The third-order valence-corrected chi connectivity index (χ3v) is 4.33. The van der Waals surface area contributed by atoms with Crippen LogP contribution in [0.4, 0.5) is 0 Å². The van der Waals surface area contributed by atoms with Crippen LogP contribution < -0.4 is 4.74 Å². The molecule has 1 atom stereocenters. The van der Waals surface area contributed by atoms with E-state index in [-0.39, 0.29) is 5.92 Å². The maximum absolute atomic E-state index is 5.99. The molecule has 1 saturated heterocycles. The molecule has 0 N–H and O–H groups in total. The van der Waals surface area contributed by atoms with Gasteiger partial charge in [0, 0.05) is 18.1 Å². The standard InChI is InChI=1S/C20H20N2O3/c1-2-6-15(7-3-1)13-24-18-9-5-4-8-16(18)12-19-21-20(22-25-19)17-10-11-23-14-17/h1-9,17H,10-14H2/t17-/m1/s1. The van der Waals surface area contributed by atoms with Crippen molar-refractivity contribution in [2.75, 3.05) is 13.2 Å². The molecule has 0 aliphatic carbocycles. The van der Waals surface area contributed by atoms with Gasteiger partial charge in [-0.25, -0.2) is 0 Å². The molecule has 1 fully saturated rings. The van der Waals surface area contributed by atoms with Gasteiger partial charge in [0.2, 0.25) is 5.89 Å². The van der Waals surface area contributed by atoms with Crippen molar-refractivity contribution in [3.8, 4) is 5.75 Å². The van der Waals surface area contributed by atoms with Crippen molar-refractivity contribution in [3.63, 3.8) is 0 Å². The van der Waals surface area contributed by atoms with E-state index in [9.17, 15) is 0 Å². The summed E-state index contributed by atoms with van der Waals surface area (Å²) in [5.74, 6) is 2.45. The third-order valence-electron chi connectivity index (χ3n) is 4.33. The normalized spacial score (nSPS) is 16.9. The lowest BCUT2D eigenvalue weighted by Gasteiger charge is -2.10. The molecule has 1 aromatic heterocycles. The Kier molecular flexibility index (Phi) is 4.74. The molecule has 1 aliphatic rings. The third kappa shape index (κ3) is 3.88. The zero-order valence-electron chi connectivity index (χ0n) is 13.9. The maximum Gasteiger partial charge on any atom is 0.231 e. The number of hydrogen-bond donors (Lipinski definition) is 0. The number of benzene rings is 2. The number of hydrogen-bond acceptors (Lipinski definition) is 5. The van der Waals surface area contributed by atoms with E-state index in [1.165, 1.54) is 0 Å². The molecule has 3 aromatic rings. The molecule has 0 amide bonds. The molecular formula is C20H20N2O3. The molecule has 0 bridgehead atoms. The highest BCUT2D eigenvalue weighted by Crippen LogP contribution is 2.25. The lowest BCUT2D eigenvalue weighted by atomic mass is 10.1. The predicted molar refractivity (Wildman–Crippen MR) is 92.5 cm³/mol. The van der Waals surface area contributed by atoms with Gasteiger partial charge in [-0.1, -0.05) is 53.7 Å². The lowest BCUT2D eigenvalue weighted by molar-refractivity contribution is 0.192. The summed E-state index contributed by atoms with van der Waals surface area (Å²) in [6.45, 7) is 1.98. The fraction of sp³-hybridized carbons (Fsp3) is 0.300. The monoisotopic (exact) mass is 336 g/mol. The van der Waals surface area contributed by atoms with Gasteiger partial charge in [0.15, 0.2) is 5.82 Å². The molecule has 0 unspecified atom stereocenters. The van der Waals surface area contributed by atoms with Crippen LogP contribution in [0.3, 0.4) is 0 Å². The topological polar surface area (TPSA) is 57.4 Å². The summed E-state index contributed by atoms with van der Waals surface area (Å²) >= 11 is 0. The van der Waals surface area contributed by atoms with Gasteiger partial charge < -0.3 is 14.0 Å². The van der Waals surface area contributed by atoms with Gasteiger partial charge in [0.1, 0.15) is 12.4 Å². The quantitative estimate of drug-likeness (QED) is 0.686. The van der Waals surface area contributed by atoms with Crippen LogP contribution in [-0.4, -0.2) is 23.4 Å². The van der Waals surface area contributed by atoms with E-state index in [1.54, 1.807) is 0 Å². The zero-order chi connectivity index (χ0) is 16.9. The van der Waals surface area contributed by atoms with Crippen molar-refractivity contribution >= 4 is 0 Å². The first-order valence-electron chi connectivity index (χ1n) is 8.53. The molecule has 2 aromatic carbocycles. The molecule has 128 valence electrons. The van der Waals surface area contributed by atoms with Crippen molar-refractivity contribution < 1.29 is 14.0 Å². The first kappa shape index (κ1) is 15.8. The average molecular weight is 336 g/mol. The van der Waals surface area contributed by atoms with Crippen LogP contribution in [-0.2, 0) is 17.8 Å². The van der Waals surface area contributed by atoms with E-state index >= 15 is 0 Å². The van der Waals surface area contributed by atoms with Crippen LogP contribution in [0.2, 0.25) is 0 Å². The summed E-state index contributed by atoms with van der Waals surface area (Å²) in [7, 11) is 0. The Morgan fingerprint density at radius 2 is 1.88 bits per heavy atom. The lowest BCUT2D eigenvalue weighted by Crippen LogP contribution is -2.01. The second kappa shape index (κ2) is 7.49. The average Bonchev–Trinajstić information content (AvgIpc) is 3.33. The Hall–Kier alpha value is -2.66. The molecule has 0 spiro atoms. The van der Waals surface area contributed by atoms with E-state index in [0.717, 1.165) is 35.7 Å². The van der Waals surface area contributed by atoms with E-state index in [4.69, 9.17) is 14.0 Å². The van der Waals surface area contributed by atoms with Gasteiger partial charge in [0.05, 0.1) is 13.0 Å². The van der Waals surface area contributed by atoms with E-state index < -0.39 is 0 Å². The fourth-order valence-corrected chi connectivity index (χ4v) is 2.93. The molecule has 1 aliphatic heterocycles. The zero-order valence-corrected chi connectivity index (χ0v) is 13.9. The smallest absolute Gasteiger partial charge is 0.231 e. The second-order valence-corrected chi connectivity index (χ2v) is 6.17. The van der Waals surface area contributed by atoms with Crippen molar-refractivity contribution in [2.45, 2.75) is 25.4 Å². The van der Waals surface area contributed by atoms with Crippen LogP contribution in [0, 0.1) is 0 Å². The molecule has 0 radical (unpaired) electrons. The highest BCUT2D eigenvalue weighted by atomic mass is 16.5. The molecule has 5 heteroatoms. The predicted octanol–water partition coefficient (Wildman–Crippen LogP) is 3.74. The van der Waals surface area contributed by atoms with E-state index in [2.05, 4.69) is 22.3 Å². The minimum absolute atomic E-state index is 0.252. The van der Waals surface area contributed by atoms with E-state index in [0.29, 0.717) is 25.5 Å². The SMILES string of the molecule is c1ccc(COc2ccccc2Cc2nc([C@@H]3CCOC3)no2)cc1. The van der Waals surface area contributed by atoms with Crippen molar-refractivity contribution in [2.24, 2.45) is 0 Å². The Bertz CT molecular complexity index is 811. The van der Waals surface area contributed by atoms with Crippen LogP contribution >= 0.6 is 0 Å². The van der Waals surface area contributed by atoms with Gasteiger partial charge in [-0.2, -0.15) is 4.98 Å². The summed E-state index contributed by atoms with van der Waals surface area (Å²) in [4.78, 5) is 4.53. The summed E-state index contributed by atoms with van der Waals surface area (Å²) in [5, 5.41) is 4.11. The highest BCUT2D eigenvalue weighted by Gasteiger charge is 2.23. The first-order valence-corrected chi connectivity index (χ1v) is 8.53. The Balaban J connectivity index is 1.45. The summed E-state index contributed by atoms with van der Waals surface area (Å²) in [6.07, 6.45) is 1.52. The maximum atomic E-state index is 5.99. The fourth-order valence-electron chi connectivity index (χ4n) is 2.93. The summed E-state index contributed by atoms with van der Waals surface area (Å²) in [6, 6.07) is 18.1. The van der Waals surface area contributed by atoms with Gasteiger partial charge in [-0.05, 0) is 18.1 Å². The van der Waals surface area contributed by atoms with Gasteiger partial charge >= 0.3 is 0 Å². The second-order valence-electron chi connectivity index (χ2n) is 6.17. The Labute approximate surface area is 146 Å². The molecule has 2 heterocycles. The minimum Gasteiger partial charge on any atom is -0.489 e. The minimum atomic E-state index is 0.252. The number of ether oxygens (including phenoxy) is 2. The number of rotatable bonds is 6. The van der Waals surface area contributed by atoms with Crippen molar-refractivity contribution in [1.82, 2.24) is 10.1 Å². The molecule has 5 nitrogen and oxygen atoms in total. The Morgan fingerprint density at radius 1 is 1.04 bits per heavy atom. The van der Waals surface area contributed by atoms with Gasteiger partial charge in [-0.15, -0.1) is 0 Å². The Morgan fingerprint density at radius 3 is 2.72 bits per heavy atom. The first-order chi connectivity index (χ1) is 12.4. The van der Waals surface area contributed by atoms with Crippen LogP contribution in [0.5, 0.6) is 5.75 Å². The molecule has 0 saturated carbocycles. The van der Waals surface area contributed by atoms with Gasteiger partial charge in [0.25, 0.3) is 0 Å². The van der Waals surface area contributed by atoms with Crippen LogP contribution in [0.15, 0.2) is 59.1 Å². The van der Waals surface area contributed by atoms with Crippen LogP contribution in [0.25, 0.3) is 0 Å². The highest BCUT2D eigenvalue weighted by molar-refractivity contribution is 5.35. The van der Waals surface area contributed by atoms with Crippen LogP contribution in [0.1, 0.15) is 35.2 Å². The van der Waals surface area contributed by atoms with Gasteiger partial charge in [-0.3, -0.25) is 0 Å². The molecule has 4 rings (SSSR count). The molecular weight excluding hydrogens is 316 g/mol. The summed E-state index contributed by atoms with van der Waals surface area (Å²) < 4.78 is 16.8. The number of nitrogens with zero attached hydrogens (tertiary/aromatic N) is 2. The summed E-state index contributed by atoms with van der Waals surface area (Å²) in [5.41, 5.74) is 2.18. The van der Waals surface area contributed by atoms with Crippen molar-refractivity contribution in [3.05, 3.63) is 77.4 Å².